The van der Waals surface area contributed by atoms with Crippen molar-refractivity contribution in [1.82, 2.24) is 0 Å². The fourth-order valence-corrected chi connectivity index (χ4v) is 0.866. The summed E-state index contributed by atoms with van der Waals surface area (Å²) in [5.41, 5.74) is 0.899. The smallest absolute Gasteiger partial charge is 0.0168 e. The zero-order valence-corrected chi connectivity index (χ0v) is 7.08. The molecule has 0 rings (SSSR count). The lowest BCUT2D eigenvalue weighted by Crippen LogP contribution is -2.23. The van der Waals surface area contributed by atoms with Crippen molar-refractivity contribution >= 4 is 5.71 Å². The van der Waals surface area contributed by atoms with Crippen molar-refractivity contribution in [2.75, 3.05) is 0 Å². The summed E-state index contributed by atoms with van der Waals surface area (Å²) in [6.45, 7) is 10.4. The Kier molecular flexibility index (Phi) is 2.41. The highest BCUT2D eigenvalue weighted by atomic mass is 14.5. The van der Waals surface area contributed by atoms with Crippen LogP contribution in [0, 0.1) is 16.7 Å². The monoisotopic (exact) mass is 127 g/mol. The van der Waals surface area contributed by atoms with Gasteiger partial charge in [-0.05, 0) is 11.3 Å². The molecule has 0 aliphatic carbocycles. The fourth-order valence-electron chi connectivity index (χ4n) is 0.866. The molecule has 0 bridgehead atoms. The van der Waals surface area contributed by atoms with Crippen LogP contribution >= 0.6 is 0 Å². The predicted molar refractivity (Wildman–Crippen MR) is 42.0 cm³/mol. The zero-order chi connectivity index (χ0) is 7.65. The van der Waals surface area contributed by atoms with Gasteiger partial charge in [-0.3, -0.25) is 0 Å². The van der Waals surface area contributed by atoms with Crippen LogP contribution in [0.25, 0.3) is 0 Å². The number of hydrogen-bond donors (Lipinski definition) is 1. The van der Waals surface area contributed by atoms with Gasteiger partial charge < -0.3 is 5.41 Å². The largest absolute Gasteiger partial charge is 0.309 e. The maximum absolute atomic E-state index is 7.59. The second-order valence-electron chi connectivity index (χ2n) is 3.82. The van der Waals surface area contributed by atoms with E-state index in [1.54, 1.807) is 0 Å². The molecule has 1 N–H and O–H groups in total. The van der Waals surface area contributed by atoms with E-state index in [0.29, 0.717) is 5.92 Å². The van der Waals surface area contributed by atoms with E-state index >= 15 is 0 Å². The van der Waals surface area contributed by atoms with Gasteiger partial charge in [0, 0.05) is 5.71 Å². The quantitative estimate of drug-likeness (QED) is 0.524. The standard InChI is InChI=1S/C8H17N/c1-6(2)7(9)8(3,4)5/h6,9H,1-5H3. The Hall–Kier alpha value is -0.330. The molecule has 0 saturated heterocycles. The molecule has 0 radical (unpaired) electrons. The summed E-state index contributed by atoms with van der Waals surface area (Å²) in [6.07, 6.45) is 0. The minimum absolute atomic E-state index is 0.0637. The molecule has 1 heteroatoms. The molecule has 54 valence electrons. The van der Waals surface area contributed by atoms with Crippen LogP contribution in [0.2, 0.25) is 0 Å². The first-order valence-electron chi connectivity index (χ1n) is 3.44. The van der Waals surface area contributed by atoms with E-state index in [-0.39, 0.29) is 5.41 Å². The van der Waals surface area contributed by atoms with Crippen LogP contribution in [-0.2, 0) is 0 Å². The average Bonchev–Trinajstić information content (AvgIpc) is 1.62. The maximum atomic E-state index is 7.59. The van der Waals surface area contributed by atoms with Crippen LogP contribution in [-0.4, -0.2) is 5.71 Å². The van der Waals surface area contributed by atoms with Crippen molar-refractivity contribution < 1.29 is 0 Å². The maximum Gasteiger partial charge on any atom is 0.0168 e. The Morgan fingerprint density at radius 1 is 1.22 bits per heavy atom. The molecule has 0 unspecified atom stereocenters. The van der Waals surface area contributed by atoms with Crippen molar-refractivity contribution in [2.45, 2.75) is 34.6 Å². The van der Waals surface area contributed by atoms with Crippen molar-refractivity contribution in [3.05, 3.63) is 0 Å². The van der Waals surface area contributed by atoms with Gasteiger partial charge in [0.15, 0.2) is 0 Å². The Labute approximate surface area is 58.0 Å². The molecule has 9 heavy (non-hydrogen) atoms. The summed E-state index contributed by atoms with van der Waals surface area (Å²) in [5.74, 6) is 0.394. The highest BCUT2D eigenvalue weighted by Crippen LogP contribution is 2.19. The average molecular weight is 127 g/mol. The molecule has 0 aromatic heterocycles. The first-order chi connectivity index (χ1) is 3.85. The van der Waals surface area contributed by atoms with Crippen molar-refractivity contribution in [2.24, 2.45) is 11.3 Å². The minimum Gasteiger partial charge on any atom is -0.309 e. The molecule has 0 fully saturated rings. The third-order valence-corrected chi connectivity index (χ3v) is 1.39. The van der Waals surface area contributed by atoms with E-state index in [4.69, 9.17) is 5.41 Å². The molecule has 0 amide bonds. The van der Waals surface area contributed by atoms with Gasteiger partial charge in [-0.2, -0.15) is 0 Å². The zero-order valence-electron chi connectivity index (χ0n) is 7.08. The van der Waals surface area contributed by atoms with Crippen molar-refractivity contribution in [3.63, 3.8) is 0 Å². The molecule has 1 nitrogen and oxygen atoms in total. The van der Waals surface area contributed by atoms with Gasteiger partial charge in [0.2, 0.25) is 0 Å². The molecule has 0 atom stereocenters. The van der Waals surface area contributed by atoms with Crippen molar-refractivity contribution in [3.8, 4) is 0 Å². The lowest BCUT2D eigenvalue weighted by atomic mass is 9.84. The molecule has 0 heterocycles. The Balaban J connectivity index is 4.06. The first kappa shape index (κ1) is 8.67. The minimum atomic E-state index is 0.0637. The summed E-state index contributed by atoms with van der Waals surface area (Å²) < 4.78 is 0. The van der Waals surface area contributed by atoms with Gasteiger partial charge >= 0.3 is 0 Å². The molecule has 0 spiro atoms. The first-order valence-corrected chi connectivity index (χ1v) is 3.44. The van der Waals surface area contributed by atoms with E-state index in [0.717, 1.165) is 5.71 Å². The molecule has 0 aliphatic heterocycles. The Morgan fingerprint density at radius 3 is 1.56 bits per heavy atom. The second kappa shape index (κ2) is 2.51. The highest BCUT2D eigenvalue weighted by molar-refractivity contribution is 5.87. The van der Waals surface area contributed by atoms with Gasteiger partial charge in [0.25, 0.3) is 0 Å². The molecule has 0 aromatic carbocycles. The van der Waals surface area contributed by atoms with Crippen LogP contribution in [0.15, 0.2) is 0 Å². The van der Waals surface area contributed by atoms with Crippen LogP contribution in [0.4, 0.5) is 0 Å². The molecular formula is C8H17N. The fraction of sp³-hybridized carbons (Fsp3) is 0.875. The Bertz CT molecular complexity index is 106. The Morgan fingerprint density at radius 2 is 1.56 bits per heavy atom. The SMILES string of the molecule is CC(C)C(=N)C(C)(C)C. The molecule has 0 aromatic rings. The van der Waals surface area contributed by atoms with Crippen LogP contribution < -0.4 is 0 Å². The lowest BCUT2D eigenvalue weighted by Gasteiger charge is -2.22. The van der Waals surface area contributed by atoms with Crippen LogP contribution in [0.3, 0.4) is 0 Å². The molecule has 0 saturated carbocycles. The summed E-state index contributed by atoms with van der Waals surface area (Å²) in [5, 5.41) is 7.59. The van der Waals surface area contributed by atoms with E-state index < -0.39 is 0 Å². The lowest BCUT2D eigenvalue weighted by molar-refractivity contribution is 0.551. The summed E-state index contributed by atoms with van der Waals surface area (Å²) in [7, 11) is 0. The van der Waals surface area contributed by atoms with Gasteiger partial charge in [0.1, 0.15) is 0 Å². The summed E-state index contributed by atoms with van der Waals surface area (Å²) in [4.78, 5) is 0. The third-order valence-electron chi connectivity index (χ3n) is 1.39. The molecule has 0 aliphatic rings. The summed E-state index contributed by atoms with van der Waals surface area (Å²) in [6, 6.07) is 0. The van der Waals surface area contributed by atoms with Crippen molar-refractivity contribution in [1.29, 1.82) is 5.41 Å². The summed E-state index contributed by atoms with van der Waals surface area (Å²) >= 11 is 0. The van der Waals surface area contributed by atoms with E-state index in [1.807, 2.05) is 0 Å². The molecular weight excluding hydrogens is 110 g/mol. The number of rotatable bonds is 1. The van der Waals surface area contributed by atoms with Gasteiger partial charge in [0.05, 0.1) is 0 Å². The predicted octanol–water partition coefficient (Wildman–Crippen LogP) is 2.71. The van der Waals surface area contributed by atoms with Crippen LogP contribution in [0.1, 0.15) is 34.6 Å². The second-order valence-corrected chi connectivity index (χ2v) is 3.82. The van der Waals surface area contributed by atoms with Gasteiger partial charge in [-0.15, -0.1) is 0 Å². The number of nitrogens with one attached hydrogen (secondary N) is 1. The highest BCUT2D eigenvalue weighted by Gasteiger charge is 2.18. The topological polar surface area (TPSA) is 23.9 Å². The number of hydrogen-bond acceptors (Lipinski definition) is 1. The van der Waals surface area contributed by atoms with Gasteiger partial charge in [-0.25, -0.2) is 0 Å². The van der Waals surface area contributed by atoms with Crippen LogP contribution in [0.5, 0.6) is 0 Å². The normalized spacial score (nSPS) is 12.2. The van der Waals surface area contributed by atoms with E-state index in [2.05, 4.69) is 34.6 Å². The van der Waals surface area contributed by atoms with E-state index in [9.17, 15) is 0 Å². The van der Waals surface area contributed by atoms with Gasteiger partial charge in [-0.1, -0.05) is 34.6 Å². The van der Waals surface area contributed by atoms with E-state index in [1.165, 1.54) is 0 Å². The third kappa shape index (κ3) is 2.64.